The lowest BCUT2D eigenvalue weighted by atomic mass is 10.0. The van der Waals surface area contributed by atoms with Crippen molar-refractivity contribution in [1.29, 1.82) is 0 Å². The fourth-order valence-electron chi connectivity index (χ4n) is 3.84. The molecule has 1 aromatic carbocycles. The first kappa shape index (κ1) is 22.4. The van der Waals surface area contributed by atoms with E-state index in [1.807, 2.05) is 10.8 Å². The molecule has 9 heteroatoms. The molecule has 1 amide bonds. The number of rotatable bonds is 6. The van der Waals surface area contributed by atoms with Gasteiger partial charge in [-0.15, -0.1) is 0 Å². The fraction of sp³-hybridized carbons (Fsp3) is 0.429. The van der Waals surface area contributed by atoms with Gasteiger partial charge >= 0.3 is 0 Å². The number of hydrogen-bond acceptors (Lipinski definition) is 6. The second-order valence-corrected chi connectivity index (χ2v) is 9.95. The maximum atomic E-state index is 12.1. The summed E-state index contributed by atoms with van der Waals surface area (Å²) in [6.45, 7) is 5.34. The summed E-state index contributed by atoms with van der Waals surface area (Å²) >= 11 is 6.60. The monoisotopic (exact) mass is 451 g/mol. The summed E-state index contributed by atoms with van der Waals surface area (Å²) < 4.78 is 30.0. The third-order valence-electron chi connectivity index (χ3n) is 5.22. The third-order valence-corrected chi connectivity index (χ3v) is 6.05. The van der Waals surface area contributed by atoms with Crippen LogP contribution >= 0.6 is 11.6 Å². The van der Waals surface area contributed by atoms with Gasteiger partial charge in [-0.2, -0.15) is 0 Å². The van der Waals surface area contributed by atoms with Gasteiger partial charge in [-0.1, -0.05) is 25.4 Å². The number of aromatic nitrogens is 1. The number of nitrogens with zero attached hydrogens (tertiary/aromatic N) is 2. The predicted molar refractivity (Wildman–Crippen MR) is 119 cm³/mol. The molecule has 0 saturated carbocycles. The summed E-state index contributed by atoms with van der Waals surface area (Å²) in [7, 11) is -2.17. The quantitative estimate of drug-likeness (QED) is 0.719. The number of benzene rings is 1. The Morgan fingerprint density at radius 1 is 1.33 bits per heavy atom. The van der Waals surface area contributed by atoms with Crippen LogP contribution in [0.3, 0.4) is 0 Å². The lowest BCUT2D eigenvalue weighted by Crippen LogP contribution is -2.34. The van der Waals surface area contributed by atoms with Crippen molar-refractivity contribution in [2.45, 2.75) is 32.7 Å². The van der Waals surface area contributed by atoms with Crippen LogP contribution in [0, 0.1) is 5.92 Å². The van der Waals surface area contributed by atoms with E-state index in [-0.39, 0.29) is 5.56 Å². The first-order valence-corrected chi connectivity index (χ1v) is 12.0. The number of carbonyl (C=O) groups is 1. The topological polar surface area (TPSA) is 88.6 Å². The predicted octanol–water partition coefficient (Wildman–Crippen LogP) is 3.72. The Balaban J connectivity index is 1.92. The Bertz CT molecular complexity index is 1060. The van der Waals surface area contributed by atoms with Crippen molar-refractivity contribution >= 4 is 33.3 Å². The summed E-state index contributed by atoms with van der Waals surface area (Å²) in [6.07, 6.45) is 4.91. The number of carbonyl (C=O) groups excluding carboxylic acids is 1. The molecule has 0 spiro atoms. The maximum Gasteiger partial charge on any atom is 0.264 e. The lowest BCUT2D eigenvalue weighted by molar-refractivity contribution is 0.0981. The molecule has 2 aromatic rings. The highest BCUT2D eigenvalue weighted by molar-refractivity contribution is 7.89. The number of halogens is 1. The van der Waals surface area contributed by atoms with Crippen LogP contribution in [0.4, 0.5) is 5.82 Å². The molecule has 1 aromatic heterocycles. The standard InChI is InChI=1S/C21H26ClN3O4S/c1-13(2)18-6-5-9-25(18)20-17(22)10-15(12-23-20)16-8-7-14(11-19(16)29-3)21(26)24-30(4,27)28/h7-8,10-13,18H,5-6,9H2,1-4H3,(H,24,26). The zero-order chi connectivity index (χ0) is 22.1. The maximum absolute atomic E-state index is 12.1. The summed E-state index contributed by atoms with van der Waals surface area (Å²) in [5, 5.41) is 0.556. The Morgan fingerprint density at radius 3 is 2.67 bits per heavy atom. The van der Waals surface area contributed by atoms with E-state index in [1.54, 1.807) is 12.3 Å². The molecule has 7 nitrogen and oxygen atoms in total. The summed E-state index contributed by atoms with van der Waals surface area (Å²) in [5.74, 6) is 0.987. The zero-order valence-electron chi connectivity index (χ0n) is 17.5. The van der Waals surface area contributed by atoms with Gasteiger partial charge in [-0.3, -0.25) is 4.79 Å². The van der Waals surface area contributed by atoms with Crippen molar-refractivity contribution in [3.05, 3.63) is 41.0 Å². The molecular weight excluding hydrogens is 426 g/mol. The van der Waals surface area contributed by atoms with Crippen LogP contribution in [0.1, 0.15) is 37.0 Å². The minimum atomic E-state index is -3.66. The Morgan fingerprint density at radius 2 is 2.07 bits per heavy atom. The van der Waals surface area contributed by atoms with E-state index in [2.05, 4.69) is 23.7 Å². The van der Waals surface area contributed by atoms with Gasteiger partial charge in [0, 0.05) is 35.5 Å². The number of methoxy groups -OCH3 is 1. The van der Waals surface area contributed by atoms with Crippen molar-refractivity contribution in [1.82, 2.24) is 9.71 Å². The molecule has 1 fully saturated rings. The van der Waals surface area contributed by atoms with Gasteiger partial charge in [0.2, 0.25) is 10.0 Å². The number of amides is 1. The van der Waals surface area contributed by atoms with Crippen molar-refractivity contribution < 1.29 is 17.9 Å². The van der Waals surface area contributed by atoms with E-state index < -0.39 is 15.9 Å². The first-order chi connectivity index (χ1) is 14.1. The van der Waals surface area contributed by atoms with E-state index in [9.17, 15) is 13.2 Å². The molecule has 3 rings (SSSR count). The average molecular weight is 452 g/mol. The van der Waals surface area contributed by atoms with Gasteiger partial charge in [-0.05, 0) is 43.0 Å². The molecule has 0 bridgehead atoms. The number of sulfonamides is 1. The smallest absolute Gasteiger partial charge is 0.264 e. The Hall–Kier alpha value is -2.32. The molecule has 30 heavy (non-hydrogen) atoms. The molecule has 0 aliphatic carbocycles. The highest BCUT2D eigenvalue weighted by Gasteiger charge is 2.29. The minimum absolute atomic E-state index is 0.175. The molecule has 1 saturated heterocycles. The van der Waals surface area contributed by atoms with Crippen molar-refractivity contribution in [2.24, 2.45) is 5.92 Å². The number of ether oxygens (including phenoxy) is 1. The number of hydrogen-bond donors (Lipinski definition) is 1. The minimum Gasteiger partial charge on any atom is -0.496 e. The molecular formula is C21H26ClN3O4S. The van der Waals surface area contributed by atoms with Crippen LogP contribution in [0.25, 0.3) is 11.1 Å². The summed E-state index contributed by atoms with van der Waals surface area (Å²) in [6, 6.07) is 6.98. The molecule has 1 aliphatic heterocycles. The van der Waals surface area contributed by atoms with E-state index in [4.69, 9.17) is 16.3 Å². The largest absolute Gasteiger partial charge is 0.496 e. The molecule has 162 valence electrons. The normalized spacial score (nSPS) is 16.7. The second-order valence-electron chi connectivity index (χ2n) is 7.79. The Labute approximate surface area is 182 Å². The zero-order valence-corrected chi connectivity index (χ0v) is 19.0. The number of nitrogens with one attached hydrogen (secondary N) is 1. The van der Waals surface area contributed by atoms with Crippen molar-refractivity contribution in [2.75, 3.05) is 24.8 Å². The molecule has 1 N–H and O–H groups in total. The van der Waals surface area contributed by atoms with Crippen LogP contribution in [-0.2, 0) is 10.0 Å². The van der Waals surface area contributed by atoms with Gasteiger partial charge in [0.1, 0.15) is 11.6 Å². The van der Waals surface area contributed by atoms with Crippen LogP contribution < -0.4 is 14.4 Å². The summed E-state index contributed by atoms with van der Waals surface area (Å²) in [5.41, 5.74) is 1.63. The van der Waals surface area contributed by atoms with Crippen LogP contribution in [0.2, 0.25) is 5.02 Å². The molecule has 1 aliphatic rings. The van der Waals surface area contributed by atoms with E-state index >= 15 is 0 Å². The summed E-state index contributed by atoms with van der Waals surface area (Å²) in [4.78, 5) is 19.0. The highest BCUT2D eigenvalue weighted by Crippen LogP contribution is 2.37. The highest BCUT2D eigenvalue weighted by atomic mass is 35.5. The van der Waals surface area contributed by atoms with Crippen molar-refractivity contribution in [3.63, 3.8) is 0 Å². The molecule has 1 unspecified atom stereocenters. The van der Waals surface area contributed by atoms with E-state index in [1.165, 1.54) is 19.2 Å². The molecule has 1 atom stereocenters. The number of anilines is 1. The van der Waals surface area contributed by atoms with Gasteiger partial charge in [0.25, 0.3) is 5.91 Å². The Kier molecular flexibility index (Phi) is 6.57. The van der Waals surface area contributed by atoms with E-state index in [0.29, 0.717) is 28.3 Å². The molecule has 2 heterocycles. The van der Waals surface area contributed by atoms with Crippen LogP contribution in [-0.4, -0.2) is 45.3 Å². The van der Waals surface area contributed by atoms with Crippen LogP contribution in [0.5, 0.6) is 5.75 Å². The fourth-order valence-corrected chi connectivity index (χ4v) is 4.57. The van der Waals surface area contributed by atoms with Gasteiger partial charge in [0.15, 0.2) is 0 Å². The third kappa shape index (κ3) is 4.87. The second kappa shape index (κ2) is 8.81. The van der Waals surface area contributed by atoms with E-state index in [0.717, 1.165) is 37.0 Å². The van der Waals surface area contributed by atoms with Crippen LogP contribution in [0.15, 0.2) is 30.5 Å². The van der Waals surface area contributed by atoms with Gasteiger partial charge in [0.05, 0.1) is 18.4 Å². The SMILES string of the molecule is COc1cc(C(=O)NS(C)(=O)=O)ccc1-c1cnc(N2CCCC2C(C)C)c(Cl)c1. The number of pyridine rings is 1. The molecule has 0 radical (unpaired) electrons. The lowest BCUT2D eigenvalue weighted by Gasteiger charge is -2.29. The van der Waals surface area contributed by atoms with Crippen molar-refractivity contribution in [3.8, 4) is 16.9 Å². The average Bonchev–Trinajstić information content (AvgIpc) is 3.16. The first-order valence-electron chi connectivity index (χ1n) is 9.73. The van der Waals surface area contributed by atoms with Gasteiger partial charge in [-0.25, -0.2) is 18.1 Å². The van der Waals surface area contributed by atoms with Gasteiger partial charge < -0.3 is 9.64 Å².